The van der Waals surface area contributed by atoms with E-state index >= 15 is 0 Å². The van der Waals surface area contributed by atoms with Crippen LogP contribution in [0.25, 0.3) is 0 Å². The first kappa shape index (κ1) is 12.8. The minimum atomic E-state index is -0.921. The molecule has 4 atom stereocenters. The standard InChI is InChI=1S/C10H18O4S/c1-6(11)7(2)14-9(10(12)13)8-3-4-15-5-8/h6-9,11H,3-5H2,1-2H3,(H,12,13). The fraction of sp³-hybridized carbons (Fsp3) is 0.900. The summed E-state index contributed by atoms with van der Waals surface area (Å²) in [5, 5.41) is 18.3. The van der Waals surface area contributed by atoms with Gasteiger partial charge in [-0.2, -0.15) is 11.8 Å². The summed E-state index contributed by atoms with van der Waals surface area (Å²) in [6, 6.07) is 0. The van der Waals surface area contributed by atoms with Crippen molar-refractivity contribution < 1.29 is 19.7 Å². The third-order valence-electron chi connectivity index (χ3n) is 2.68. The SMILES string of the molecule is CC(O)C(C)OC(C(=O)O)C1CCSC1. The molecule has 0 aromatic rings. The van der Waals surface area contributed by atoms with Crippen molar-refractivity contribution in [3.63, 3.8) is 0 Å². The zero-order chi connectivity index (χ0) is 11.4. The van der Waals surface area contributed by atoms with Gasteiger partial charge in [0.25, 0.3) is 0 Å². The van der Waals surface area contributed by atoms with E-state index in [9.17, 15) is 9.90 Å². The number of rotatable bonds is 5. The number of carboxylic acids is 1. The van der Waals surface area contributed by atoms with Gasteiger partial charge in [0.05, 0.1) is 12.2 Å². The maximum Gasteiger partial charge on any atom is 0.333 e. The normalized spacial score (nSPS) is 27.3. The van der Waals surface area contributed by atoms with Crippen molar-refractivity contribution in [1.29, 1.82) is 0 Å². The van der Waals surface area contributed by atoms with E-state index in [2.05, 4.69) is 0 Å². The summed E-state index contributed by atoms with van der Waals surface area (Å²) in [5.74, 6) is 0.994. The van der Waals surface area contributed by atoms with Crippen molar-refractivity contribution in [2.45, 2.75) is 38.6 Å². The molecule has 2 N–H and O–H groups in total. The first-order valence-corrected chi connectivity index (χ1v) is 6.32. The molecular weight excluding hydrogens is 216 g/mol. The fourth-order valence-corrected chi connectivity index (χ4v) is 2.79. The second-order valence-electron chi connectivity index (χ2n) is 3.96. The van der Waals surface area contributed by atoms with Gasteiger partial charge < -0.3 is 14.9 Å². The molecule has 0 saturated carbocycles. The Morgan fingerprint density at radius 1 is 1.53 bits per heavy atom. The molecular formula is C10H18O4S. The third-order valence-corrected chi connectivity index (χ3v) is 3.87. The third kappa shape index (κ3) is 3.66. The topological polar surface area (TPSA) is 66.8 Å². The van der Waals surface area contributed by atoms with Crippen molar-refractivity contribution >= 4 is 17.7 Å². The van der Waals surface area contributed by atoms with Crippen LogP contribution in [0.5, 0.6) is 0 Å². The second kappa shape index (κ2) is 5.72. The molecule has 0 spiro atoms. The van der Waals surface area contributed by atoms with E-state index in [-0.39, 0.29) is 5.92 Å². The Morgan fingerprint density at radius 2 is 2.20 bits per heavy atom. The number of hydrogen-bond acceptors (Lipinski definition) is 4. The molecule has 1 rings (SSSR count). The quantitative estimate of drug-likeness (QED) is 0.742. The van der Waals surface area contributed by atoms with Crippen molar-refractivity contribution in [2.24, 2.45) is 5.92 Å². The molecule has 0 aliphatic carbocycles. The van der Waals surface area contributed by atoms with Gasteiger partial charge in [0.2, 0.25) is 0 Å². The molecule has 1 saturated heterocycles. The number of aliphatic hydroxyl groups excluding tert-OH is 1. The van der Waals surface area contributed by atoms with Gasteiger partial charge in [0.1, 0.15) is 0 Å². The molecule has 0 aromatic carbocycles. The summed E-state index contributed by atoms with van der Waals surface area (Å²) in [4.78, 5) is 11.0. The van der Waals surface area contributed by atoms with Gasteiger partial charge in [-0.15, -0.1) is 0 Å². The Hall–Kier alpha value is -0.260. The van der Waals surface area contributed by atoms with Gasteiger partial charge in [0, 0.05) is 5.92 Å². The fourth-order valence-electron chi connectivity index (χ4n) is 1.51. The van der Waals surface area contributed by atoms with Crippen LogP contribution < -0.4 is 0 Å². The van der Waals surface area contributed by atoms with Crippen LogP contribution in [0.15, 0.2) is 0 Å². The highest BCUT2D eigenvalue weighted by molar-refractivity contribution is 7.99. The van der Waals surface area contributed by atoms with Crippen LogP contribution in [0.2, 0.25) is 0 Å². The number of carboxylic acid groups (broad SMARTS) is 1. The molecule has 0 bridgehead atoms. The molecule has 1 aliphatic heterocycles. The zero-order valence-electron chi connectivity index (χ0n) is 9.05. The molecule has 1 heterocycles. The average molecular weight is 234 g/mol. The minimum absolute atomic E-state index is 0.0775. The highest BCUT2D eigenvalue weighted by atomic mass is 32.2. The first-order chi connectivity index (χ1) is 7.02. The van der Waals surface area contributed by atoms with E-state index < -0.39 is 24.3 Å². The van der Waals surface area contributed by atoms with Crippen LogP contribution in [0.1, 0.15) is 20.3 Å². The van der Waals surface area contributed by atoms with Gasteiger partial charge in [-0.1, -0.05) is 0 Å². The number of aliphatic hydroxyl groups is 1. The molecule has 0 aromatic heterocycles. The molecule has 5 heteroatoms. The molecule has 4 nitrogen and oxygen atoms in total. The van der Waals surface area contributed by atoms with E-state index in [1.807, 2.05) is 0 Å². The number of thioether (sulfide) groups is 1. The molecule has 1 aliphatic rings. The Bertz CT molecular complexity index is 213. The Kier molecular flexibility index (Phi) is 4.89. The molecule has 15 heavy (non-hydrogen) atoms. The zero-order valence-corrected chi connectivity index (χ0v) is 9.87. The lowest BCUT2D eigenvalue weighted by Crippen LogP contribution is -2.38. The van der Waals surface area contributed by atoms with Crippen molar-refractivity contribution in [3.05, 3.63) is 0 Å². The van der Waals surface area contributed by atoms with Crippen molar-refractivity contribution in [1.82, 2.24) is 0 Å². The number of hydrogen-bond donors (Lipinski definition) is 2. The van der Waals surface area contributed by atoms with Crippen molar-refractivity contribution in [3.8, 4) is 0 Å². The summed E-state index contributed by atoms with van der Waals surface area (Å²) in [5.41, 5.74) is 0. The monoisotopic (exact) mass is 234 g/mol. The van der Waals surface area contributed by atoms with Gasteiger partial charge in [-0.25, -0.2) is 4.79 Å². The van der Waals surface area contributed by atoms with Crippen LogP contribution in [-0.4, -0.2) is 46.0 Å². The van der Waals surface area contributed by atoms with Gasteiger partial charge in [-0.3, -0.25) is 0 Å². The molecule has 1 fully saturated rings. The van der Waals surface area contributed by atoms with Crippen molar-refractivity contribution in [2.75, 3.05) is 11.5 Å². The molecule has 4 unspecified atom stereocenters. The summed E-state index contributed by atoms with van der Waals surface area (Å²) in [7, 11) is 0. The Balaban J connectivity index is 2.53. The second-order valence-corrected chi connectivity index (χ2v) is 5.11. The maximum atomic E-state index is 11.0. The lowest BCUT2D eigenvalue weighted by molar-refractivity contribution is -0.162. The lowest BCUT2D eigenvalue weighted by atomic mass is 10.0. The first-order valence-electron chi connectivity index (χ1n) is 5.16. The maximum absolute atomic E-state index is 11.0. The number of carbonyl (C=O) groups is 1. The molecule has 0 amide bonds. The van der Waals surface area contributed by atoms with E-state index in [1.54, 1.807) is 25.6 Å². The Labute approximate surface area is 94.0 Å². The summed E-state index contributed by atoms with van der Waals surface area (Å²) >= 11 is 1.76. The summed E-state index contributed by atoms with van der Waals surface area (Å²) in [6.07, 6.45) is -0.962. The smallest absolute Gasteiger partial charge is 0.333 e. The average Bonchev–Trinajstić information content (AvgIpc) is 2.65. The van der Waals surface area contributed by atoms with Gasteiger partial charge in [-0.05, 0) is 31.8 Å². The van der Waals surface area contributed by atoms with E-state index in [1.165, 1.54) is 0 Å². The van der Waals surface area contributed by atoms with Gasteiger partial charge >= 0.3 is 5.97 Å². The molecule has 0 radical (unpaired) electrons. The van der Waals surface area contributed by atoms with Crippen LogP contribution in [0, 0.1) is 5.92 Å². The van der Waals surface area contributed by atoms with Crippen LogP contribution in [0.4, 0.5) is 0 Å². The minimum Gasteiger partial charge on any atom is -0.479 e. The largest absolute Gasteiger partial charge is 0.479 e. The van der Waals surface area contributed by atoms with E-state index in [4.69, 9.17) is 9.84 Å². The van der Waals surface area contributed by atoms with Crippen LogP contribution in [0.3, 0.4) is 0 Å². The lowest BCUT2D eigenvalue weighted by Gasteiger charge is -2.24. The summed E-state index contributed by atoms with van der Waals surface area (Å²) < 4.78 is 5.39. The van der Waals surface area contributed by atoms with E-state index in [0.717, 1.165) is 17.9 Å². The number of aliphatic carboxylic acids is 1. The van der Waals surface area contributed by atoms with Crippen LogP contribution >= 0.6 is 11.8 Å². The van der Waals surface area contributed by atoms with Crippen LogP contribution in [-0.2, 0) is 9.53 Å². The highest BCUT2D eigenvalue weighted by Crippen LogP contribution is 2.28. The van der Waals surface area contributed by atoms with Gasteiger partial charge in [0.15, 0.2) is 6.10 Å². The Morgan fingerprint density at radius 3 is 2.60 bits per heavy atom. The highest BCUT2D eigenvalue weighted by Gasteiger charge is 2.33. The number of ether oxygens (including phenoxy) is 1. The molecule has 88 valence electrons. The van der Waals surface area contributed by atoms with E-state index in [0.29, 0.717) is 0 Å². The predicted molar refractivity (Wildman–Crippen MR) is 59.1 cm³/mol. The predicted octanol–water partition coefficient (Wildman–Crippen LogP) is 0.979. The summed E-state index contributed by atoms with van der Waals surface area (Å²) in [6.45, 7) is 3.30.